The molecule has 138 valence electrons. The number of carbonyl (C=O) groups excluding carboxylic acids is 1. The molecule has 2 aliphatic carbocycles. The van der Waals surface area contributed by atoms with Crippen LogP contribution in [-0.4, -0.2) is 38.0 Å². The zero-order valence-electron chi connectivity index (χ0n) is 15.8. The van der Waals surface area contributed by atoms with Gasteiger partial charge in [0.1, 0.15) is 0 Å². The fourth-order valence-electron chi connectivity index (χ4n) is 3.92. The summed E-state index contributed by atoms with van der Waals surface area (Å²) in [6.07, 6.45) is 10.4. The number of nitrogens with one attached hydrogen (secondary N) is 3. The number of rotatable bonds is 9. The molecule has 2 aliphatic rings. The van der Waals surface area contributed by atoms with Crippen molar-refractivity contribution in [3.05, 3.63) is 0 Å². The molecule has 5 nitrogen and oxygen atoms in total. The topological polar surface area (TPSA) is 65.5 Å². The lowest BCUT2D eigenvalue weighted by molar-refractivity contribution is -0.121. The Hall–Kier alpha value is -1.26. The third-order valence-electron chi connectivity index (χ3n) is 5.18. The standard InChI is InChI=1S/C19H36N4O/c1-15(2)13-19(10-4-5-11-19)14-22-18(20-3)21-12-6-7-17(24)23-16-8-9-16/h15-16H,4-14H2,1-3H3,(H,23,24)(H2,20,21,22). The molecule has 3 N–H and O–H groups in total. The first-order valence-electron chi connectivity index (χ1n) is 9.77. The number of amides is 1. The summed E-state index contributed by atoms with van der Waals surface area (Å²) < 4.78 is 0. The lowest BCUT2D eigenvalue weighted by Crippen LogP contribution is -2.43. The summed E-state index contributed by atoms with van der Waals surface area (Å²) in [5.74, 6) is 1.79. The zero-order chi connectivity index (χ0) is 17.4. The molecule has 0 atom stereocenters. The van der Waals surface area contributed by atoms with Crippen LogP contribution >= 0.6 is 0 Å². The molecule has 0 bridgehead atoms. The molecule has 0 aromatic rings. The summed E-state index contributed by atoms with van der Waals surface area (Å²) in [6.45, 7) is 6.43. The van der Waals surface area contributed by atoms with E-state index in [-0.39, 0.29) is 5.91 Å². The Balaban J connectivity index is 1.64. The second-order valence-corrected chi connectivity index (χ2v) is 8.10. The third kappa shape index (κ3) is 6.70. The highest BCUT2D eigenvalue weighted by molar-refractivity contribution is 5.80. The van der Waals surface area contributed by atoms with Crippen LogP contribution in [0, 0.1) is 11.3 Å². The van der Waals surface area contributed by atoms with Crippen LogP contribution in [0.25, 0.3) is 0 Å². The van der Waals surface area contributed by atoms with Crippen molar-refractivity contribution in [2.75, 3.05) is 20.1 Å². The van der Waals surface area contributed by atoms with E-state index in [1.807, 2.05) is 7.05 Å². The van der Waals surface area contributed by atoms with Crippen molar-refractivity contribution >= 4 is 11.9 Å². The summed E-state index contributed by atoms with van der Waals surface area (Å²) in [7, 11) is 1.82. The van der Waals surface area contributed by atoms with E-state index in [4.69, 9.17) is 0 Å². The molecule has 0 aromatic carbocycles. The highest BCUT2D eigenvalue weighted by Crippen LogP contribution is 2.42. The maximum Gasteiger partial charge on any atom is 0.220 e. The second-order valence-electron chi connectivity index (χ2n) is 8.10. The minimum atomic E-state index is 0.184. The first-order chi connectivity index (χ1) is 11.5. The van der Waals surface area contributed by atoms with E-state index in [9.17, 15) is 4.79 Å². The zero-order valence-corrected chi connectivity index (χ0v) is 15.8. The van der Waals surface area contributed by atoms with Gasteiger partial charge in [-0.3, -0.25) is 9.79 Å². The van der Waals surface area contributed by atoms with Crippen molar-refractivity contribution < 1.29 is 4.79 Å². The van der Waals surface area contributed by atoms with Crippen LogP contribution in [0.3, 0.4) is 0 Å². The van der Waals surface area contributed by atoms with Crippen molar-refractivity contribution in [2.24, 2.45) is 16.3 Å². The average molecular weight is 337 g/mol. The smallest absolute Gasteiger partial charge is 0.220 e. The van der Waals surface area contributed by atoms with Crippen LogP contribution in [0.5, 0.6) is 0 Å². The lowest BCUT2D eigenvalue weighted by Gasteiger charge is -2.31. The van der Waals surface area contributed by atoms with Crippen LogP contribution < -0.4 is 16.0 Å². The lowest BCUT2D eigenvalue weighted by atomic mass is 9.78. The SMILES string of the molecule is CN=C(NCCCC(=O)NC1CC1)NCC1(CC(C)C)CCCC1. The van der Waals surface area contributed by atoms with Crippen LogP contribution in [0.4, 0.5) is 0 Å². The Labute approximate surface area is 147 Å². The molecule has 0 aromatic heterocycles. The van der Waals surface area contributed by atoms with E-state index < -0.39 is 0 Å². The van der Waals surface area contributed by atoms with Gasteiger partial charge in [0, 0.05) is 32.6 Å². The molecular weight excluding hydrogens is 300 g/mol. The van der Waals surface area contributed by atoms with E-state index in [1.54, 1.807) is 0 Å². The van der Waals surface area contributed by atoms with Gasteiger partial charge in [-0.25, -0.2) is 0 Å². The molecule has 1 amide bonds. The average Bonchev–Trinajstić information content (AvgIpc) is 3.23. The van der Waals surface area contributed by atoms with Crippen LogP contribution in [0.1, 0.15) is 71.6 Å². The molecule has 0 spiro atoms. The Bertz CT molecular complexity index is 423. The molecule has 0 heterocycles. The summed E-state index contributed by atoms with van der Waals surface area (Å²) >= 11 is 0. The van der Waals surface area contributed by atoms with Gasteiger partial charge >= 0.3 is 0 Å². The molecule has 0 radical (unpaired) electrons. The number of guanidine groups is 1. The molecule has 0 unspecified atom stereocenters. The predicted octanol–water partition coefficient (Wildman–Crippen LogP) is 2.82. The monoisotopic (exact) mass is 336 g/mol. The maximum absolute atomic E-state index is 11.7. The molecule has 24 heavy (non-hydrogen) atoms. The van der Waals surface area contributed by atoms with Gasteiger partial charge in [0.25, 0.3) is 0 Å². The number of nitrogens with zero attached hydrogens (tertiary/aromatic N) is 1. The van der Waals surface area contributed by atoms with Gasteiger partial charge in [0.2, 0.25) is 5.91 Å². The maximum atomic E-state index is 11.7. The van der Waals surface area contributed by atoms with Crippen LogP contribution in [0.2, 0.25) is 0 Å². The Morgan fingerprint density at radius 3 is 2.50 bits per heavy atom. The van der Waals surface area contributed by atoms with E-state index >= 15 is 0 Å². The fraction of sp³-hybridized carbons (Fsp3) is 0.895. The Morgan fingerprint density at radius 1 is 1.21 bits per heavy atom. The van der Waals surface area contributed by atoms with E-state index in [1.165, 1.54) is 32.1 Å². The van der Waals surface area contributed by atoms with Gasteiger partial charge in [0.15, 0.2) is 5.96 Å². The van der Waals surface area contributed by atoms with Gasteiger partial charge in [-0.1, -0.05) is 26.7 Å². The highest BCUT2D eigenvalue weighted by atomic mass is 16.1. The minimum Gasteiger partial charge on any atom is -0.356 e. The van der Waals surface area contributed by atoms with Crippen molar-refractivity contribution in [2.45, 2.75) is 77.7 Å². The van der Waals surface area contributed by atoms with Gasteiger partial charge in [-0.15, -0.1) is 0 Å². The predicted molar refractivity (Wildman–Crippen MR) is 100 cm³/mol. The Morgan fingerprint density at radius 2 is 1.92 bits per heavy atom. The minimum absolute atomic E-state index is 0.184. The van der Waals surface area contributed by atoms with Crippen molar-refractivity contribution in [3.63, 3.8) is 0 Å². The van der Waals surface area contributed by atoms with Crippen LogP contribution in [0.15, 0.2) is 4.99 Å². The first kappa shape index (κ1) is 19.1. The number of carbonyl (C=O) groups is 1. The molecular formula is C19H36N4O. The number of aliphatic imine (C=N–C) groups is 1. The molecule has 0 aliphatic heterocycles. The summed E-state index contributed by atoms with van der Waals surface area (Å²) in [4.78, 5) is 16.0. The van der Waals surface area contributed by atoms with Gasteiger partial charge in [-0.2, -0.15) is 0 Å². The molecule has 0 saturated heterocycles. The molecule has 2 rings (SSSR count). The summed E-state index contributed by atoms with van der Waals surface area (Å²) in [5.41, 5.74) is 0.440. The normalized spacial score (nSPS) is 20.2. The van der Waals surface area contributed by atoms with Crippen molar-refractivity contribution in [1.29, 1.82) is 0 Å². The highest BCUT2D eigenvalue weighted by Gasteiger charge is 2.34. The van der Waals surface area contributed by atoms with E-state index in [0.29, 0.717) is 17.9 Å². The third-order valence-corrected chi connectivity index (χ3v) is 5.18. The first-order valence-corrected chi connectivity index (χ1v) is 9.77. The number of hydrogen-bond acceptors (Lipinski definition) is 2. The van der Waals surface area contributed by atoms with Crippen molar-refractivity contribution in [3.8, 4) is 0 Å². The molecule has 5 heteroatoms. The molecule has 2 fully saturated rings. The Kier molecular flexibility index (Phi) is 7.38. The van der Waals surface area contributed by atoms with Gasteiger partial charge < -0.3 is 16.0 Å². The fourth-order valence-corrected chi connectivity index (χ4v) is 3.92. The summed E-state index contributed by atoms with van der Waals surface area (Å²) in [5, 5.41) is 9.90. The molecule has 2 saturated carbocycles. The van der Waals surface area contributed by atoms with E-state index in [2.05, 4.69) is 34.8 Å². The van der Waals surface area contributed by atoms with E-state index in [0.717, 1.165) is 44.2 Å². The quantitative estimate of drug-likeness (QED) is 0.345. The largest absolute Gasteiger partial charge is 0.356 e. The summed E-state index contributed by atoms with van der Waals surface area (Å²) in [6, 6.07) is 0.462. The number of hydrogen-bond donors (Lipinski definition) is 3. The van der Waals surface area contributed by atoms with Gasteiger partial charge in [-0.05, 0) is 49.9 Å². The second kappa shape index (κ2) is 9.28. The van der Waals surface area contributed by atoms with Crippen molar-refractivity contribution in [1.82, 2.24) is 16.0 Å². The van der Waals surface area contributed by atoms with Crippen LogP contribution in [-0.2, 0) is 4.79 Å². The van der Waals surface area contributed by atoms with Gasteiger partial charge in [0.05, 0.1) is 0 Å².